The van der Waals surface area contributed by atoms with Gasteiger partial charge in [0.05, 0.1) is 10.6 Å². The van der Waals surface area contributed by atoms with Gasteiger partial charge in [0.25, 0.3) is 5.56 Å². The Balaban J connectivity index is 1.42. The maximum atomic E-state index is 12.5. The van der Waals surface area contributed by atoms with Gasteiger partial charge in [-0.2, -0.15) is 0 Å². The molecule has 4 aromatic rings. The van der Waals surface area contributed by atoms with Crippen molar-refractivity contribution < 1.29 is 0 Å². The zero-order chi connectivity index (χ0) is 17.5. The van der Waals surface area contributed by atoms with E-state index in [4.69, 9.17) is 4.98 Å². The zero-order valence-corrected chi connectivity index (χ0v) is 15.7. The number of aromatic nitrogens is 2. The maximum Gasteiger partial charge on any atom is 0.254 e. The molecule has 1 aliphatic heterocycles. The van der Waals surface area contributed by atoms with Crippen molar-refractivity contribution in [2.24, 2.45) is 0 Å². The molecule has 0 aliphatic carbocycles. The predicted octanol–water partition coefficient (Wildman–Crippen LogP) is 4.27. The topological polar surface area (TPSA) is 49.0 Å². The summed E-state index contributed by atoms with van der Waals surface area (Å²) in [6.07, 6.45) is 0.757. The van der Waals surface area contributed by atoms with Gasteiger partial charge in [-0.3, -0.25) is 9.69 Å². The van der Waals surface area contributed by atoms with E-state index in [0.717, 1.165) is 42.2 Å². The van der Waals surface area contributed by atoms with Crippen LogP contribution in [0.4, 0.5) is 0 Å². The highest BCUT2D eigenvalue weighted by Crippen LogP contribution is 2.28. The number of H-pyrrole nitrogens is 1. The third kappa shape index (κ3) is 2.90. The number of nitrogens with one attached hydrogen (secondary N) is 1. The van der Waals surface area contributed by atoms with Crippen LogP contribution in [0.5, 0.6) is 0 Å². The van der Waals surface area contributed by atoms with Gasteiger partial charge in [-0.15, -0.1) is 22.7 Å². The third-order valence-corrected chi connectivity index (χ3v) is 6.74. The van der Waals surface area contributed by atoms with Crippen molar-refractivity contribution in [3.63, 3.8) is 0 Å². The largest absolute Gasteiger partial charge is 0.306 e. The summed E-state index contributed by atoms with van der Waals surface area (Å²) in [5, 5.41) is 3.31. The van der Waals surface area contributed by atoms with Gasteiger partial charge in [0.1, 0.15) is 0 Å². The fourth-order valence-corrected chi connectivity index (χ4v) is 5.27. The van der Waals surface area contributed by atoms with Gasteiger partial charge >= 0.3 is 0 Å². The van der Waals surface area contributed by atoms with Crippen LogP contribution in [-0.4, -0.2) is 21.4 Å². The number of hydrogen-bond donors (Lipinski definition) is 1. The Labute approximate surface area is 158 Å². The van der Waals surface area contributed by atoms with Crippen LogP contribution in [0, 0.1) is 0 Å². The average Bonchev–Trinajstić information content (AvgIpc) is 3.30. The number of benzene rings is 1. The summed E-state index contributed by atoms with van der Waals surface area (Å²) in [6.45, 7) is 2.53. The number of hydrogen-bond acceptors (Lipinski definition) is 5. The van der Waals surface area contributed by atoms with E-state index >= 15 is 0 Å². The molecule has 4 heterocycles. The molecule has 0 saturated heterocycles. The van der Waals surface area contributed by atoms with Crippen molar-refractivity contribution >= 4 is 32.8 Å². The normalized spacial score (nSPS) is 14.6. The molecule has 5 rings (SSSR count). The van der Waals surface area contributed by atoms with Crippen molar-refractivity contribution in [2.75, 3.05) is 6.54 Å². The lowest BCUT2D eigenvalue weighted by Crippen LogP contribution is -2.34. The molecule has 0 bridgehead atoms. The van der Waals surface area contributed by atoms with Crippen LogP contribution in [0.1, 0.15) is 16.1 Å². The molecule has 1 aliphatic rings. The minimum atomic E-state index is 0.0138. The van der Waals surface area contributed by atoms with E-state index in [1.807, 2.05) is 28.8 Å². The Hall–Kier alpha value is -2.28. The Kier molecular flexibility index (Phi) is 3.96. The smallest absolute Gasteiger partial charge is 0.254 e. The quantitative estimate of drug-likeness (QED) is 0.578. The molecule has 0 radical (unpaired) electrons. The molecule has 130 valence electrons. The minimum Gasteiger partial charge on any atom is -0.306 e. The van der Waals surface area contributed by atoms with Crippen LogP contribution in [0.25, 0.3) is 20.8 Å². The molecule has 1 N–H and O–H groups in total. The monoisotopic (exact) mass is 379 g/mol. The van der Waals surface area contributed by atoms with Crippen LogP contribution in [0.15, 0.2) is 52.6 Å². The number of aromatic amines is 1. The fraction of sp³-hybridized carbons (Fsp3) is 0.200. The molecular formula is C20H17N3OS2. The summed E-state index contributed by atoms with van der Waals surface area (Å²) in [7, 11) is 0. The molecule has 4 nitrogen and oxygen atoms in total. The Morgan fingerprint density at radius 2 is 2.12 bits per heavy atom. The van der Waals surface area contributed by atoms with Crippen LogP contribution < -0.4 is 5.56 Å². The molecule has 3 aromatic heterocycles. The van der Waals surface area contributed by atoms with Gasteiger partial charge in [-0.1, -0.05) is 24.3 Å². The van der Waals surface area contributed by atoms with Gasteiger partial charge in [0.15, 0.2) is 5.82 Å². The van der Waals surface area contributed by atoms with E-state index in [1.54, 1.807) is 11.3 Å². The molecule has 0 amide bonds. The van der Waals surface area contributed by atoms with E-state index in [2.05, 4.69) is 40.2 Å². The van der Waals surface area contributed by atoms with Gasteiger partial charge < -0.3 is 4.98 Å². The van der Waals surface area contributed by atoms with E-state index < -0.39 is 0 Å². The first-order valence-corrected chi connectivity index (χ1v) is 10.3. The lowest BCUT2D eigenvalue weighted by molar-refractivity contribution is 0.243. The first-order valence-electron chi connectivity index (χ1n) is 8.62. The van der Waals surface area contributed by atoms with Gasteiger partial charge in [0.2, 0.25) is 0 Å². The molecule has 0 saturated carbocycles. The summed E-state index contributed by atoms with van der Waals surface area (Å²) in [4.78, 5) is 24.9. The highest BCUT2D eigenvalue weighted by Gasteiger charge is 2.22. The Morgan fingerprint density at radius 1 is 1.19 bits per heavy atom. The Bertz CT molecular complexity index is 1090. The summed E-state index contributed by atoms with van der Waals surface area (Å²) in [5.74, 6) is 0.687. The maximum absolute atomic E-state index is 12.5. The van der Waals surface area contributed by atoms with Crippen LogP contribution in [0.3, 0.4) is 0 Å². The predicted molar refractivity (Wildman–Crippen MR) is 108 cm³/mol. The molecule has 1 aromatic carbocycles. The number of thiophene rings is 2. The molecular weight excluding hydrogens is 362 g/mol. The second kappa shape index (κ2) is 6.46. The highest BCUT2D eigenvalue weighted by molar-refractivity contribution is 7.19. The van der Waals surface area contributed by atoms with Crippen molar-refractivity contribution in [1.82, 2.24) is 14.9 Å². The van der Waals surface area contributed by atoms with Crippen LogP contribution in [-0.2, 0) is 19.5 Å². The first kappa shape index (κ1) is 15.9. The summed E-state index contributed by atoms with van der Waals surface area (Å²) < 4.78 is 1.33. The van der Waals surface area contributed by atoms with Crippen molar-refractivity contribution in [1.29, 1.82) is 0 Å². The van der Waals surface area contributed by atoms with E-state index in [1.165, 1.54) is 15.0 Å². The molecule has 6 heteroatoms. The number of nitrogens with zero attached hydrogens (tertiary/aromatic N) is 2. The van der Waals surface area contributed by atoms with Crippen molar-refractivity contribution in [3.8, 4) is 10.7 Å². The second-order valence-electron chi connectivity index (χ2n) is 6.53. The molecule has 0 fully saturated rings. The van der Waals surface area contributed by atoms with Gasteiger partial charge in [-0.25, -0.2) is 4.98 Å². The van der Waals surface area contributed by atoms with Crippen molar-refractivity contribution in [2.45, 2.75) is 19.5 Å². The summed E-state index contributed by atoms with van der Waals surface area (Å²) >= 11 is 3.44. The van der Waals surface area contributed by atoms with E-state index in [0.29, 0.717) is 5.82 Å². The van der Waals surface area contributed by atoms with Crippen LogP contribution in [0.2, 0.25) is 0 Å². The zero-order valence-electron chi connectivity index (χ0n) is 14.1. The Morgan fingerprint density at radius 3 is 2.96 bits per heavy atom. The van der Waals surface area contributed by atoms with E-state index in [9.17, 15) is 4.79 Å². The fourth-order valence-electron chi connectivity index (χ4n) is 3.49. The number of fused-ring (bicyclic) bond motifs is 2. The van der Waals surface area contributed by atoms with E-state index in [-0.39, 0.29) is 5.56 Å². The highest BCUT2D eigenvalue weighted by atomic mass is 32.1. The van der Waals surface area contributed by atoms with Gasteiger partial charge in [0, 0.05) is 34.8 Å². The lowest BCUT2D eigenvalue weighted by atomic mass is 10.1. The summed E-state index contributed by atoms with van der Waals surface area (Å²) in [6, 6.07) is 14.7. The third-order valence-electron chi connectivity index (χ3n) is 4.76. The molecule has 0 unspecified atom stereocenters. The number of rotatable bonds is 3. The molecule has 0 atom stereocenters. The van der Waals surface area contributed by atoms with Gasteiger partial charge in [-0.05, 0) is 35.4 Å². The molecule has 26 heavy (non-hydrogen) atoms. The second-order valence-corrected chi connectivity index (χ2v) is 8.64. The molecule has 0 spiro atoms. The van der Waals surface area contributed by atoms with Crippen molar-refractivity contribution in [3.05, 3.63) is 74.3 Å². The minimum absolute atomic E-state index is 0.0138. The van der Waals surface area contributed by atoms with Crippen LogP contribution >= 0.6 is 22.7 Å². The first-order chi connectivity index (χ1) is 12.8. The average molecular weight is 380 g/mol. The standard InChI is InChI=1S/C20H17N3OS2/c24-20-15-7-8-23(11-14-10-13-4-1-2-5-17(13)26-14)12-16(15)21-19(22-20)18-6-3-9-25-18/h1-6,9-10H,7-8,11-12H2,(H,21,22,24). The SMILES string of the molecule is O=c1[nH]c(-c2cccs2)nc2c1CCN(Cc1cc3ccccc3s1)C2. The summed E-state index contributed by atoms with van der Waals surface area (Å²) in [5.41, 5.74) is 1.78. The lowest BCUT2D eigenvalue weighted by Gasteiger charge is -2.27.